The van der Waals surface area contributed by atoms with Crippen LogP contribution in [0.2, 0.25) is 0 Å². The van der Waals surface area contributed by atoms with Gasteiger partial charge in [-0.1, -0.05) is 31.9 Å². The second-order valence-electron chi connectivity index (χ2n) is 8.07. The lowest BCUT2D eigenvalue weighted by Crippen LogP contribution is -2.48. The molecule has 0 radical (unpaired) electrons. The molecule has 0 bridgehead atoms. The number of alkyl carbamates (subject to hydrolysis) is 1. The van der Waals surface area contributed by atoms with Gasteiger partial charge >= 0.3 is 6.09 Å². The third-order valence-electron chi connectivity index (χ3n) is 4.27. The first-order valence-corrected chi connectivity index (χ1v) is 10.4. The second-order valence-corrected chi connectivity index (χ2v) is 8.07. The molecule has 0 heterocycles. The molecule has 8 heteroatoms. The zero-order valence-corrected chi connectivity index (χ0v) is 19.1. The first-order chi connectivity index (χ1) is 14.2. The molecule has 1 aromatic carbocycles. The van der Waals surface area contributed by atoms with Crippen LogP contribution in [0.4, 0.5) is 4.79 Å². The molecule has 0 aromatic heterocycles. The van der Waals surface area contributed by atoms with Crippen molar-refractivity contribution in [2.75, 3.05) is 20.6 Å². The van der Waals surface area contributed by atoms with Gasteiger partial charge < -0.3 is 26.0 Å². The summed E-state index contributed by atoms with van der Waals surface area (Å²) in [6, 6.07) is 7.42. The van der Waals surface area contributed by atoms with Crippen LogP contribution in [0.25, 0.3) is 0 Å². The maximum Gasteiger partial charge on any atom is 0.407 e. The SMILES string of the molecule is CCCCC(CNC(=O)OC(C)(C)C)NC(=NC)NCc1ccc(C(=O)NC)cc1. The number of aliphatic imine (C=N–C) groups is 1. The summed E-state index contributed by atoms with van der Waals surface area (Å²) in [5.41, 5.74) is 1.13. The molecule has 8 nitrogen and oxygen atoms in total. The van der Waals surface area contributed by atoms with Crippen LogP contribution in [-0.2, 0) is 11.3 Å². The van der Waals surface area contributed by atoms with E-state index < -0.39 is 11.7 Å². The quantitative estimate of drug-likeness (QED) is 0.364. The number of carbonyl (C=O) groups is 2. The van der Waals surface area contributed by atoms with Crippen molar-refractivity contribution in [1.82, 2.24) is 21.3 Å². The number of hydrogen-bond donors (Lipinski definition) is 4. The summed E-state index contributed by atoms with van der Waals surface area (Å²) in [4.78, 5) is 27.9. The van der Waals surface area contributed by atoms with Gasteiger partial charge in [-0.25, -0.2) is 4.79 Å². The molecule has 0 saturated heterocycles. The molecule has 0 spiro atoms. The van der Waals surface area contributed by atoms with Gasteiger partial charge in [-0.15, -0.1) is 0 Å². The number of guanidine groups is 1. The Labute approximate surface area is 180 Å². The van der Waals surface area contributed by atoms with Crippen LogP contribution >= 0.6 is 0 Å². The minimum Gasteiger partial charge on any atom is -0.444 e. The lowest BCUT2D eigenvalue weighted by Gasteiger charge is -2.24. The third kappa shape index (κ3) is 10.1. The van der Waals surface area contributed by atoms with Crippen LogP contribution in [-0.4, -0.2) is 50.2 Å². The fourth-order valence-corrected chi connectivity index (χ4v) is 2.69. The molecular weight excluding hydrogens is 382 g/mol. The Balaban J connectivity index is 2.61. The molecule has 0 aliphatic rings. The molecule has 30 heavy (non-hydrogen) atoms. The number of amides is 2. The van der Waals surface area contributed by atoms with Crippen LogP contribution in [0.3, 0.4) is 0 Å². The minimum absolute atomic E-state index is 0.0271. The fraction of sp³-hybridized carbons (Fsp3) is 0.591. The predicted octanol–water partition coefficient (Wildman–Crippen LogP) is 2.79. The van der Waals surface area contributed by atoms with E-state index in [0.29, 0.717) is 24.6 Å². The van der Waals surface area contributed by atoms with Crippen molar-refractivity contribution in [1.29, 1.82) is 0 Å². The molecule has 0 fully saturated rings. The van der Waals surface area contributed by atoms with Crippen LogP contribution in [0, 0.1) is 0 Å². The van der Waals surface area contributed by atoms with Gasteiger partial charge in [-0.05, 0) is 44.9 Å². The third-order valence-corrected chi connectivity index (χ3v) is 4.27. The molecule has 1 atom stereocenters. The highest BCUT2D eigenvalue weighted by molar-refractivity contribution is 5.93. The number of ether oxygens (including phenoxy) is 1. The zero-order valence-electron chi connectivity index (χ0n) is 19.1. The molecule has 168 valence electrons. The first kappa shape index (κ1) is 25.3. The Morgan fingerprint density at radius 2 is 1.80 bits per heavy atom. The number of rotatable bonds is 9. The van der Waals surface area contributed by atoms with E-state index in [1.54, 1.807) is 26.2 Å². The van der Waals surface area contributed by atoms with Gasteiger partial charge in [0.05, 0.1) is 0 Å². The normalized spacial score (nSPS) is 12.7. The van der Waals surface area contributed by atoms with E-state index in [0.717, 1.165) is 24.8 Å². The largest absolute Gasteiger partial charge is 0.444 e. The van der Waals surface area contributed by atoms with Crippen LogP contribution in [0.1, 0.15) is 62.9 Å². The molecule has 1 rings (SSSR count). The summed E-state index contributed by atoms with van der Waals surface area (Å²) in [7, 11) is 3.32. The first-order valence-electron chi connectivity index (χ1n) is 10.4. The monoisotopic (exact) mass is 419 g/mol. The number of carbonyl (C=O) groups excluding carboxylic acids is 2. The van der Waals surface area contributed by atoms with Crippen molar-refractivity contribution in [3.8, 4) is 0 Å². The fourth-order valence-electron chi connectivity index (χ4n) is 2.69. The highest BCUT2D eigenvalue weighted by atomic mass is 16.6. The van der Waals surface area contributed by atoms with E-state index in [2.05, 4.69) is 33.2 Å². The minimum atomic E-state index is -0.526. The maximum atomic E-state index is 12.0. The zero-order chi connectivity index (χ0) is 22.6. The smallest absolute Gasteiger partial charge is 0.407 e. The van der Waals surface area contributed by atoms with E-state index in [4.69, 9.17) is 4.74 Å². The average molecular weight is 420 g/mol. The van der Waals surface area contributed by atoms with Crippen molar-refractivity contribution in [2.24, 2.45) is 4.99 Å². The molecule has 1 aromatic rings. The molecule has 1 unspecified atom stereocenters. The number of nitrogens with one attached hydrogen (secondary N) is 4. The Bertz CT molecular complexity index is 696. The van der Waals surface area contributed by atoms with Crippen molar-refractivity contribution in [3.63, 3.8) is 0 Å². The Morgan fingerprint density at radius 1 is 1.13 bits per heavy atom. The van der Waals surface area contributed by atoms with Crippen LogP contribution in [0.15, 0.2) is 29.3 Å². The topological polar surface area (TPSA) is 104 Å². The lowest BCUT2D eigenvalue weighted by atomic mass is 10.1. The van der Waals surface area contributed by atoms with Gasteiger partial charge in [0.25, 0.3) is 5.91 Å². The summed E-state index contributed by atoms with van der Waals surface area (Å²) in [5.74, 6) is 0.542. The number of benzene rings is 1. The van der Waals surface area contributed by atoms with Gasteiger partial charge in [0.1, 0.15) is 5.60 Å². The van der Waals surface area contributed by atoms with Gasteiger partial charge in [-0.2, -0.15) is 0 Å². The van der Waals surface area contributed by atoms with E-state index in [-0.39, 0.29) is 11.9 Å². The van der Waals surface area contributed by atoms with Gasteiger partial charge in [0, 0.05) is 38.8 Å². The predicted molar refractivity (Wildman–Crippen MR) is 121 cm³/mol. The summed E-state index contributed by atoms with van der Waals surface area (Å²) in [6.45, 7) is 8.66. The molecule has 4 N–H and O–H groups in total. The summed E-state index contributed by atoms with van der Waals surface area (Å²) >= 11 is 0. The lowest BCUT2D eigenvalue weighted by molar-refractivity contribution is 0.0522. The number of nitrogens with zero attached hydrogens (tertiary/aromatic N) is 1. The summed E-state index contributed by atoms with van der Waals surface area (Å²) in [5, 5.41) is 12.1. The highest BCUT2D eigenvalue weighted by Crippen LogP contribution is 2.07. The van der Waals surface area contributed by atoms with Crippen molar-refractivity contribution < 1.29 is 14.3 Å². The number of unbranched alkanes of at least 4 members (excludes halogenated alkanes) is 1. The molecular formula is C22H37N5O3. The number of hydrogen-bond acceptors (Lipinski definition) is 4. The van der Waals surface area contributed by atoms with Gasteiger partial charge in [0.2, 0.25) is 0 Å². The van der Waals surface area contributed by atoms with Crippen molar-refractivity contribution >= 4 is 18.0 Å². The Hall–Kier alpha value is -2.77. The second kappa shape index (κ2) is 12.7. The Kier molecular flexibility index (Phi) is 10.7. The summed E-state index contributed by atoms with van der Waals surface area (Å²) < 4.78 is 5.31. The average Bonchev–Trinajstić information content (AvgIpc) is 2.71. The van der Waals surface area contributed by atoms with E-state index in [1.807, 2.05) is 32.9 Å². The highest BCUT2D eigenvalue weighted by Gasteiger charge is 2.18. The standard InChI is InChI=1S/C22H37N5O3/c1-7-8-9-18(15-26-21(29)30-22(2,3)4)27-20(24-6)25-14-16-10-12-17(13-11-16)19(28)23-5/h10-13,18H,7-9,14-15H2,1-6H3,(H,23,28)(H,26,29)(H2,24,25,27). The van der Waals surface area contributed by atoms with Crippen molar-refractivity contribution in [2.45, 2.75) is 65.1 Å². The van der Waals surface area contributed by atoms with Crippen molar-refractivity contribution in [3.05, 3.63) is 35.4 Å². The van der Waals surface area contributed by atoms with E-state index >= 15 is 0 Å². The Morgan fingerprint density at radius 3 is 2.33 bits per heavy atom. The molecule has 0 saturated carbocycles. The molecule has 2 amide bonds. The van der Waals surface area contributed by atoms with Crippen LogP contribution < -0.4 is 21.3 Å². The van der Waals surface area contributed by atoms with E-state index in [9.17, 15) is 9.59 Å². The molecule has 0 aliphatic carbocycles. The molecule has 0 aliphatic heterocycles. The summed E-state index contributed by atoms with van der Waals surface area (Å²) in [6.07, 6.45) is 2.57. The van der Waals surface area contributed by atoms with E-state index in [1.165, 1.54) is 0 Å². The van der Waals surface area contributed by atoms with Gasteiger partial charge in [0.15, 0.2) is 5.96 Å². The maximum absolute atomic E-state index is 12.0. The van der Waals surface area contributed by atoms with Gasteiger partial charge in [-0.3, -0.25) is 9.79 Å². The van der Waals surface area contributed by atoms with Crippen LogP contribution in [0.5, 0.6) is 0 Å².